The van der Waals surface area contributed by atoms with Gasteiger partial charge in [-0.25, -0.2) is 9.59 Å². The summed E-state index contributed by atoms with van der Waals surface area (Å²) in [6, 6.07) is 30.5. The van der Waals surface area contributed by atoms with E-state index in [1.807, 2.05) is 109 Å². The van der Waals surface area contributed by atoms with E-state index in [2.05, 4.69) is 58.0 Å². The van der Waals surface area contributed by atoms with E-state index in [9.17, 15) is 14.4 Å². The zero-order valence-electron chi connectivity index (χ0n) is 63.9. The average molecular weight is 1610 g/mol. The number of carbonyl (C=O) groups excluding carboxylic acids is 3. The minimum Gasteiger partial charge on any atom is -0.508 e. The third kappa shape index (κ3) is 64.7. The van der Waals surface area contributed by atoms with Gasteiger partial charge in [0.1, 0.15) is 34.2 Å². The number of halogens is 2. The Morgan fingerprint density at radius 2 is 0.903 bits per heavy atom. The maximum absolute atomic E-state index is 11.5. The fraction of sp³-hybridized carbons (Fsp3) is 0.654. The number of ether oxygens (including phenoxy) is 7. The molecule has 0 aromatic heterocycles. The van der Waals surface area contributed by atoms with Crippen LogP contribution in [0.5, 0.6) is 23.0 Å². The molecule has 0 aliphatic heterocycles. The Balaban J connectivity index is -0.000000572. The number of carbonyl (C=O) groups is 3. The molecule has 4 aliphatic rings. The smallest absolute Gasteiger partial charge is 0.508 e. The number of alkyl carbamates (subject to hydrolysis) is 2. The van der Waals surface area contributed by atoms with Crippen LogP contribution in [0, 0.1) is 23.7 Å². The molecule has 4 saturated carbocycles. The van der Waals surface area contributed by atoms with Gasteiger partial charge < -0.3 is 84.2 Å². The largest absolute Gasteiger partial charge is 1.00 e. The molecule has 0 bridgehead atoms. The molecule has 8 rings (SSSR count). The van der Waals surface area contributed by atoms with E-state index in [0.717, 1.165) is 88.3 Å². The molecule has 0 saturated heterocycles. The fourth-order valence-electron chi connectivity index (χ4n) is 10.5. The summed E-state index contributed by atoms with van der Waals surface area (Å²) in [5, 5.41) is 40.5. The molecule has 25 heteroatoms. The van der Waals surface area contributed by atoms with Crippen LogP contribution in [0.4, 0.5) is 9.59 Å². The van der Waals surface area contributed by atoms with Crippen LogP contribution in [-0.2, 0) is 60.0 Å². The third-order valence-corrected chi connectivity index (χ3v) is 16.4. The van der Waals surface area contributed by atoms with Crippen molar-refractivity contribution in [2.75, 3.05) is 71.7 Å². The van der Waals surface area contributed by atoms with Gasteiger partial charge in [0.05, 0.1) is 59.5 Å². The molecule has 4 aliphatic carbocycles. The predicted molar refractivity (Wildman–Crippen MR) is 414 cm³/mol. The van der Waals surface area contributed by atoms with E-state index in [1.165, 1.54) is 147 Å². The normalized spacial score (nSPS) is 14.3. The topological polar surface area (TPSA) is 269 Å². The van der Waals surface area contributed by atoms with Crippen LogP contribution in [0.15, 0.2) is 97.1 Å². The Labute approximate surface area is 722 Å². The van der Waals surface area contributed by atoms with Crippen molar-refractivity contribution in [3.63, 3.8) is 0 Å². The maximum atomic E-state index is 11.5. The number of nitrogens with one attached hydrogen (secondary N) is 2. The number of aromatic hydroxyl groups is 1. The molecule has 103 heavy (non-hydrogen) atoms. The van der Waals surface area contributed by atoms with Gasteiger partial charge in [-0.2, -0.15) is 0 Å². The number of alkyl halides is 1. The Bertz CT molecular complexity index is 2610. The summed E-state index contributed by atoms with van der Waals surface area (Å²) < 4.78 is 38.9. The first-order valence-electron chi connectivity index (χ1n) is 35.9. The first kappa shape index (κ1) is 108. The molecule has 0 spiro atoms. The second-order valence-electron chi connectivity index (χ2n) is 26.9. The zero-order chi connectivity index (χ0) is 73.2. The first-order valence-corrected chi connectivity index (χ1v) is 37.5. The Morgan fingerprint density at radius 3 is 1.20 bits per heavy atom. The standard InChI is InChI=1S/C21H33NO4.C16H25NO2.C14H20O2.C8H17NO2.C7H13Br.C7H8O2.C2H5NO3P.C2H6O.CH4.ClH.2K/c1-21(2,3)26-20(23)22-12-13-24-15-18-10-7-11-19(14-18)25-16-17-8-5-4-6-9-17;17-9-10-18-12-15-7-4-8-16(11-15)19-13-14-5-2-1-3-6-14;15-10-13-7-4-8-14(9-13)16-11-12-5-2-1-3-6-12;1-5-6-9-7(10)11-8(2,3)4;8-6-7-4-2-1-3-5-7;8-5-6-2-1-3-7(9)4-6;1-3(7)6-5-2-4;1-2-3;;;;/h7,10-11,14,17H,4-6,8-9,12-13,15-16H2,1-3H3,(H,22,23);4,7-8,11,14H,1-3,5-6,9-10,12-13,17H2;4,7-9,12,15H,1-3,5-6,10-11H2;5-6H2,1-4H3,(H,9,10);7H,1-6H2;1-4,8-9H,5H2;2,7H,1H3;3H,2H2,1H3;1H4;1H;;/q;;;;;;-1;;;;2*+1. The van der Waals surface area contributed by atoms with Gasteiger partial charge in [0.15, 0.2) is 0 Å². The van der Waals surface area contributed by atoms with E-state index in [4.69, 9.17) is 59.3 Å². The van der Waals surface area contributed by atoms with Crippen molar-refractivity contribution in [2.45, 2.75) is 235 Å². The number of rotatable bonds is 26. The summed E-state index contributed by atoms with van der Waals surface area (Å²) in [4.78, 5) is 40.7. The number of aliphatic hydroxyl groups is 3. The number of nitrogens with two attached hydrogens (primary N) is 1. The first-order chi connectivity index (χ1) is 47.6. The van der Waals surface area contributed by atoms with E-state index in [1.54, 1.807) is 25.1 Å². The molecule has 0 radical (unpaired) electrons. The van der Waals surface area contributed by atoms with Crippen molar-refractivity contribution in [2.24, 2.45) is 29.4 Å². The van der Waals surface area contributed by atoms with Crippen LogP contribution in [0.2, 0.25) is 0 Å². The van der Waals surface area contributed by atoms with Gasteiger partial charge in [0.25, 0.3) is 0 Å². The number of hydroxylamine groups is 1. The summed E-state index contributed by atoms with van der Waals surface area (Å²) in [6.45, 7) is 21.5. The van der Waals surface area contributed by atoms with Gasteiger partial charge in [-0.15, -0.1) is 17.4 Å². The van der Waals surface area contributed by atoms with Crippen LogP contribution < -0.4 is 133 Å². The summed E-state index contributed by atoms with van der Waals surface area (Å²) in [5.41, 5.74) is 8.40. The Kier molecular flexibility index (Phi) is 73.8. The van der Waals surface area contributed by atoms with Crippen molar-refractivity contribution in [1.82, 2.24) is 15.5 Å². The second kappa shape index (κ2) is 70.6. The fourth-order valence-corrected chi connectivity index (χ4v) is 11.2. The van der Waals surface area contributed by atoms with Crippen molar-refractivity contribution in [1.29, 1.82) is 0 Å². The van der Waals surface area contributed by atoms with Gasteiger partial charge >= 0.3 is 121 Å². The number of phenolic OH excluding ortho intramolecular Hbond substituents is 1. The number of amides is 2. The third-order valence-electron chi connectivity index (χ3n) is 15.4. The average Bonchev–Trinajstić information content (AvgIpc) is 0.927. The van der Waals surface area contributed by atoms with Crippen molar-refractivity contribution >= 4 is 56.4 Å². The summed E-state index contributed by atoms with van der Waals surface area (Å²) >= 11 is 3.51. The van der Waals surface area contributed by atoms with Gasteiger partial charge in [-0.05, 0) is 208 Å². The van der Waals surface area contributed by atoms with Crippen molar-refractivity contribution in [3.05, 3.63) is 119 Å². The van der Waals surface area contributed by atoms with Gasteiger partial charge in [-0.3, -0.25) is 9.68 Å². The number of benzene rings is 4. The zero-order valence-corrected chi connectivity index (χ0v) is 73.5. The van der Waals surface area contributed by atoms with Crippen molar-refractivity contribution < 1.29 is 181 Å². The number of hydrogen-bond donors (Lipinski definition) is 7. The van der Waals surface area contributed by atoms with E-state index in [-0.39, 0.29) is 161 Å². The number of aliphatic hydroxyl groups excluding tert-OH is 3. The molecule has 4 fully saturated rings. The van der Waals surface area contributed by atoms with Crippen molar-refractivity contribution in [3.8, 4) is 23.0 Å². The van der Waals surface area contributed by atoms with Crippen LogP contribution in [0.3, 0.4) is 0 Å². The number of nitrogens with zero attached hydrogens (tertiary/aromatic N) is 1. The molecule has 0 unspecified atom stereocenters. The molecule has 8 N–H and O–H groups in total. The number of hydrogen-bond acceptors (Lipinski definition) is 18. The van der Waals surface area contributed by atoms with Crippen LogP contribution in [-0.4, -0.2) is 127 Å². The Morgan fingerprint density at radius 1 is 0.563 bits per heavy atom. The molecular weight excluding hydrogens is 1470 g/mol. The number of phenols is 1. The molecule has 580 valence electrons. The van der Waals surface area contributed by atoms with E-state index in [0.29, 0.717) is 52.0 Å². The summed E-state index contributed by atoms with van der Waals surface area (Å²) in [7, 11) is 4.36. The molecule has 20 nitrogen and oxygen atoms in total. The molecule has 0 heterocycles. The second-order valence-corrected chi connectivity index (χ2v) is 28.1. The van der Waals surface area contributed by atoms with Gasteiger partial charge in [0, 0.05) is 31.6 Å². The SMILES string of the molecule is BrCC1CCCCC1.C.CC(C)(C)OC(=O)NCCOCc1cccc(OCC2CCCCC2)c1.CCCNC(=O)OC(C)(C)C.CCO.CN([PH-])OOC=O.Cl.NCCOCc1cccc(OCC2CCCCC2)c1.OCc1cccc(O)c1.OCc1cccc(OCC2CCCCC2)c1.[K+].[K+]. The molecular formula is C78H132BrClK2N4O16P+. The monoisotopic (exact) mass is 1600 g/mol. The maximum Gasteiger partial charge on any atom is 1.00 e. The van der Waals surface area contributed by atoms with E-state index < -0.39 is 17.3 Å². The van der Waals surface area contributed by atoms with Gasteiger partial charge in [0.2, 0.25) is 0 Å². The molecule has 4 aromatic rings. The summed E-state index contributed by atoms with van der Waals surface area (Å²) in [5.74, 6) is 6.12. The summed E-state index contributed by atoms with van der Waals surface area (Å²) in [6.07, 6.45) is 27.6. The van der Waals surface area contributed by atoms with Crippen LogP contribution in [0.1, 0.15) is 220 Å². The predicted octanol–water partition coefficient (Wildman–Crippen LogP) is 11.8. The van der Waals surface area contributed by atoms with Gasteiger partial charge in [-0.1, -0.05) is 156 Å². The molecule has 4 aromatic carbocycles. The van der Waals surface area contributed by atoms with Crippen LogP contribution in [0.25, 0.3) is 0 Å². The molecule has 0 atom stereocenters. The minimum atomic E-state index is -0.483. The minimum absolute atomic E-state index is 0. The van der Waals surface area contributed by atoms with E-state index >= 15 is 0 Å². The Hall–Kier alpha value is -1.76. The van der Waals surface area contributed by atoms with Crippen LogP contribution >= 0.6 is 37.7 Å². The quantitative estimate of drug-likeness (QED) is 0.00586. The molecule has 2 amide bonds.